The third-order valence-corrected chi connectivity index (χ3v) is 11.3. The molecule has 8 aromatic rings. The van der Waals surface area contributed by atoms with Crippen LogP contribution >= 0.6 is 0 Å². The largest absolute Gasteiger partial charge is 0.507 e. The molecule has 9 rings (SSSR count). The number of phenols is 1. The number of aromatic hydroxyl groups is 1. The van der Waals surface area contributed by atoms with Crippen molar-refractivity contribution in [2.45, 2.75) is 38.5 Å². The molecular weight excluding hydrogens is 832 g/mol. The molecule has 0 amide bonds. The number of benzene rings is 5. The standard InChI is InChI=1S/C47H37N4O.Pt/c1-46(2)37-22-13-23-41(52)42(37)43-38(47(46,3)4)24-25-39(49-43)40-29-51(45(50-40)36-21-11-18-32-28-48-27-26-33(32)36)44-34(30-14-7-5-8-15-30)19-12-20-35(44)31-16-9-6-10-17-31;/h5-25,27-29,52H,1-4H3;/q-1;. The average molecular weight is 869 g/mol. The van der Waals surface area contributed by atoms with Gasteiger partial charge in [-0.2, -0.15) is 11.5 Å². The second kappa shape index (κ2) is 13.1. The molecule has 3 heterocycles. The molecule has 0 unspecified atom stereocenters. The van der Waals surface area contributed by atoms with Crippen LogP contribution in [0.25, 0.3) is 72.7 Å². The number of rotatable bonds is 5. The van der Waals surface area contributed by atoms with E-state index in [1.54, 1.807) is 12.3 Å². The van der Waals surface area contributed by atoms with Crippen molar-refractivity contribution in [3.63, 3.8) is 0 Å². The Kier molecular flexibility index (Phi) is 8.51. The number of fused-ring (bicyclic) bond motifs is 4. The van der Waals surface area contributed by atoms with Crippen LogP contribution in [-0.4, -0.2) is 24.6 Å². The van der Waals surface area contributed by atoms with Crippen LogP contribution in [0.5, 0.6) is 5.75 Å². The van der Waals surface area contributed by atoms with E-state index in [2.05, 4.69) is 147 Å². The van der Waals surface area contributed by atoms with Gasteiger partial charge in [0.05, 0.1) is 22.9 Å². The van der Waals surface area contributed by atoms with Gasteiger partial charge < -0.3 is 9.67 Å². The van der Waals surface area contributed by atoms with Crippen LogP contribution < -0.4 is 0 Å². The summed E-state index contributed by atoms with van der Waals surface area (Å²) in [4.78, 5) is 15.2. The quantitative estimate of drug-likeness (QED) is 0.175. The van der Waals surface area contributed by atoms with Gasteiger partial charge in [-0.05, 0) is 52.2 Å². The summed E-state index contributed by atoms with van der Waals surface area (Å²) in [6.07, 6.45) is 5.70. The number of para-hydroxylation sites is 1. The number of pyridine rings is 2. The first-order valence-corrected chi connectivity index (χ1v) is 17.7. The smallest absolute Gasteiger partial charge is 0.125 e. The van der Waals surface area contributed by atoms with Gasteiger partial charge >= 0.3 is 0 Å². The molecular formula is C47H37N4OPt-. The van der Waals surface area contributed by atoms with Crippen LogP contribution in [-0.2, 0) is 31.9 Å². The van der Waals surface area contributed by atoms with Gasteiger partial charge in [0.1, 0.15) is 11.4 Å². The zero-order chi connectivity index (χ0) is 35.6. The third kappa shape index (κ3) is 5.45. The predicted octanol–water partition coefficient (Wildman–Crippen LogP) is 11.2. The molecule has 262 valence electrons. The normalized spacial score (nSPS) is 13.9. The first-order valence-electron chi connectivity index (χ1n) is 17.7. The van der Waals surface area contributed by atoms with E-state index in [0.29, 0.717) is 0 Å². The van der Waals surface area contributed by atoms with E-state index in [4.69, 9.17) is 9.97 Å². The van der Waals surface area contributed by atoms with E-state index < -0.39 is 0 Å². The van der Waals surface area contributed by atoms with Crippen LogP contribution in [0.1, 0.15) is 38.8 Å². The number of hydrogen-bond acceptors (Lipinski definition) is 4. The van der Waals surface area contributed by atoms with Crippen LogP contribution in [0, 0.1) is 6.07 Å². The summed E-state index contributed by atoms with van der Waals surface area (Å²) >= 11 is 0. The van der Waals surface area contributed by atoms with Gasteiger partial charge in [0, 0.05) is 49.4 Å². The fourth-order valence-electron chi connectivity index (χ4n) is 7.89. The molecule has 0 bridgehead atoms. The summed E-state index contributed by atoms with van der Waals surface area (Å²) in [5.41, 5.74) is 11.1. The Morgan fingerprint density at radius 2 is 1.23 bits per heavy atom. The minimum atomic E-state index is -0.245. The minimum Gasteiger partial charge on any atom is -0.507 e. The summed E-state index contributed by atoms with van der Waals surface area (Å²) in [5, 5.41) is 13.2. The summed E-state index contributed by atoms with van der Waals surface area (Å²) in [5.74, 6) is 1.01. The van der Waals surface area contributed by atoms with Crippen molar-refractivity contribution in [3.8, 4) is 67.7 Å². The van der Waals surface area contributed by atoms with Crippen molar-refractivity contribution < 1.29 is 26.2 Å². The average Bonchev–Trinajstić information content (AvgIpc) is 3.62. The SMILES string of the molecule is CC1(C)c2ccc(-c3cn(-c4c(-c5ccccc5)cccc4-c4ccccc4)c(-c4cccc5cnc[c-]c45)n3)nc2-c2c(O)cccc2C1(C)C.[Pt]. The molecule has 1 aliphatic rings. The molecule has 0 saturated carbocycles. The van der Waals surface area contributed by atoms with E-state index >= 15 is 0 Å². The van der Waals surface area contributed by atoms with Crippen molar-refractivity contribution in [2.24, 2.45) is 0 Å². The maximum atomic E-state index is 11.3. The van der Waals surface area contributed by atoms with E-state index in [-0.39, 0.29) is 37.6 Å². The van der Waals surface area contributed by atoms with Gasteiger partial charge in [0.25, 0.3) is 0 Å². The predicted molar refractivity (Wildman–Crippen MR) is 210 cm³/mol. The van der Waals surface area contributed by atoms with Crippen LogP contribution in [0.4, 0.5) is 0 Å². The van der Waals surface area contributed by atoms with Crippen molar-refractivity contribution in [1.29, 1.82) is 0 Å². The maximum absolute atomic E-state index is 11.3. The summed E-state index contributed by atoms with van der Waals surface area (Å²) in [6, 6.07) is 47.2. The molecule has 1 N–H and O–H groups in total. The number of aromatic nitrogens is 4. The van der Waals surface area contributed by atoms with Crippen LogP contribution in [0.3, 0.4) is 0 Å². The maximum Gasteiger partial charge on any atom is 0.125 e. The van der Waals surface area contributed by atoms with Crippen LogP contribution in [0.2, 0.25) is 0 Å². The minimum absolute atomic E-state index is 0. The van der Waals surface area contributed by atoms with Crippen molar-refractivity contribution >= 4 is 10.8 Å². The number of imidazole rings is 1. The van der Waals surface area contributed by atoms with Crippen molar-refractivity contribution in [1.82, 2.24) is 19.5 Å². The van der Waals surface area contributed by atoms with Crippen molar-refractivity contribution in [3.05, 3.63) is 163 Å². The molecule has 0 atom stereocenters. The van der Waals surface area contributed by atoms with Gasteiger partial charge in [0.2, 0.25) is 0 Å². The Bertz CT molecular complexity index is 2580. The number of phenolic OH excluding ortho intramolecular Hbond substituents is 1. The first kappa shape index (κ1) is 34.4. The molecule has 1 aliphatic carbocycles. The first-order chi connectivity index (χ1) is 25.2. The van der Waals surface area contributed by atoms with Gasteiger partial charge in [-0.15, -0.1) is 17.5 Å². The van der Waals surface area contributed by atoms with Crippen molar-refractivity contribution in [2.75, 3.05) is 0 Å². The van der Waals surface area contributed by atoms with Gasteiger partial charge in [-0.3, -0.25) is 4.98 Å². The number of hydrogen-bond donors (Lipinski definition) is 1. The molecule has 0 aliphatic heterocycles. The van der Waals surface area contributed by atoms with E-state index in [9.17, 15) is 5.11 Å². The number of nitrogens with zero attached hydrogens (tertiary/aromatic N) is 4. The zero-order valence-electron chi connectivity index (χ0n) is 29.9. The van der Waals surface area contributed by atoms with Gasteiger partial charge in [-0.1, -0.05) is 136 Å². The Morgan fingerprint density at radius 3 is 1.92 bits per heavy atom. The summed E-state index contributed by atoms with van der Waals surface area (Å²) in [7, 11) is 0. The zero-order valence-corrected chi connectivity index (χ0v) is 32.2. The third-order valence-electron chi connectivity index (χ3n) is 11.3. The topological polar surface area (TPSA) is 63.8 Å². The molecule has 5 aromatic carbocycles. The Hall–Kier alpha value is -5.64. The Morgan fingerprint density at radius 1 is 0.604 bits per heavy atom. The Balaban J connectivity index is 0.00000400. The molecule has 3 aromatic heterocycles. The van der Waals surface area contributed by atoms with Crippen LogP contribution in [0.15, 0.2) is 146 Å². The van der Waals surface area contributed by atoms with E-state index in [1.807, 2.05) is 30.5 Å². The molecule has 6 heteroatoms. The fourth-order valence-corrected chi connectivity index (χ4v) is 7.89. The molecule has 0 fully saturated rings. The van der Waals surface area contributed by atoms with Gasteiger partial charge in [-0.25, -0.2) is 9.97 Å². The van der Waals surface area contributed by atoms with E-state index in [1.165, 1.54) is 0 Å². The second-order valence-corrected chi connectivity index (χ2v) is 14.6. The Labute approximate surface area is 324 Å². The monoisotopic (exact) mass is 868 g/mol. The fraction of sp³-hybridized carbons (Fsp3) is 0.128. The molecule has 5 nitrogen and oxygen atoms in total. The molecule has 0 spiro atoms. The molecule has 0 radical (unpaired) electrons. The molecule has 0 saturated heterocycles. The van der Waals surface area contributed by atoms with E-state index in [0.717, 1.165) is 83.9 Å². The van der Waals surface area contributed by atoms with Gasteiger partial charge in [0.15, 0.2) is 0 Å². The molecule has 53 heavy (non-hydrogen) atoms. The second-order valence-electron chi connectivity index (χ2n) is 14.6. The summed E-state index contributed by atoms with van der Waals surface area (Å²) in [6.45, 7) is 9.04. The summed E-state index contributed by atoms with van der Waals surface area (Å²) < 4.78 is 2.22.